The molecule has 1 unspecified atom stereocenters. The molecule has 0 saturated carbocycles. The molecule has 2 aromatic carbocycles. The minimum Gasteiger partial charge on any atom is -0.491 e. The van der Waals surface area contributed by atoms with Crippen LogP contribution in [-0.2, 0) is 0 Å². The lowest BCUT2D eigenvalue weighted by Crippen LogP contribution is -2.49. The van der Waals surface area contributed by atoms with Crippen molar-refractivity contribution in [3.63, 3.8) is 0 Å². The fraction of sp³-hybridized carbons (Fsp3) is 0.429. The lowest BCUT2D eigenvalue weighted by atomic mass is 10.1. The Kier molecular flexibility index (Phi) is 10.0. The molecule has 1 atom stereocenters. The van der Waals surface area contributed by atoms with Gasteiger partial charge in [0.1, 0.15) is 24.3 Å². The molecule has 0 bridgehead atoms. The van der Waals surface area contributed by atoms with Crippen LogP contribution in [0.2, 0.25) is 0 Å². The first-order valence-corrected chi connectivity index (χ1v) is 9.13. The summed E-state index contributed by atoms with van der Waals surface area (Å²) in [6.45, 7) is 8.03. The Labute approximate surface area is 179 Å². The molecule has 1 N–H and O–H groups in total. The van der Waals surface area contributed by atoms with Crippen molar-refractivity contribution in [1.82, 2.24) is 4.90 Å². The van der Waals surface area contributed by atoms with E-state index in [1.165, 1.54) is 11.6 Å². The molecule has 1 saturated heterocycles. The average molecular weight is 431 g/mol. The maximum absolute atomic E-state index is 13.9. The molecule has 1 aliphatic heterocycles. The third kappa shape index (κ3) is 6.24. The summed E-state index contributed by atoms with van der Waals surface area (Å²) < 4.78 is 19.7. The van der Waals surface area contributed by atoms with Crippen molar-refractivity contribution in [3.05, 3.63) is 59.4 Å². The van der Waals surface area contributed by atoms with E-state index < -0.39 is 6.10 Å². The number of rotatable bonds is 6. The van der Waals surface area contributed by atoms with Gasteiger partial charge in [-0.3, -0.25) is 4.90 Å². The Bertz CT molecular complexity index is 740. The molecule has 0 aromatic heterocycles. The van der Waals surface area contributed by atoms with Crippen molar-refractivity contribution in [1.29, 1.82) is 0 Å². The highest BCUT2D eigenvalue weighted by Gasteiger charge is 2.21. The van der Waals surface area contributed by atoms with Crippen LogP contribution in [0.25, 0.3) is 0 Å². The molecule has 28 heavy (non-hydrogen) atoms. The number of halogens is 3. The van der Waals surface area contributed by atoms with E-state index in [2.05, 4.69) is 9.80 Å². The first-order chi connectivity index (χ1) is 12.5. The number of benzene rings is 2. The number of β-amino-alcohol motifs (C(OH)–C–C–N with tert-alkyl or cyclic N) is 1. The lowest BCUT2D eigenvalue weighted by Gasteiger charge is -2.37. The Morgan fingerprint density at radius 3 is 2.36 bits per heavy atom. The largest absolute Gasteiger partial charge is 0.491 e. The van der Waals surface area contributed by atoms with Gasteiger partial charge in [-0.25, -0.2) is 4.39 Å². The van der Waals surface area contributed by atoms with Gasteiger partial charge in [-0.15, -0.1) is 24.8 Å². The van der Waals surface area contributed by atoms with Crippen LogP contribution in [0.1, 0.15) is 11.1 Å². The maximum Gasteiger partial charge on any atom is 0.146 e. The summed E-state index contributed by atoms with van der Waals surface area (Å²) in [4.78, 5) is 4.26. The first-order valence-electron chi connectivity index (χ1n) is 9.13. The molecule has 0 amide bonds. The lowest BCUT2D eigenvalue weighted by molar-refractivity contribution is 0.0660. The highest BCUT2D eigenvalue weighted by atomic mass is 35.5. The molecule has 0 radical (unpaired) electrons. The van der Waals surface area contributed by atoms with Gasteiger partial charge >= 0.3 is 0 Å². The number of aliphatic hydroxyl groups excluding tert-OH is 1. The second-order valence-electron chi connectivity index (χ2n) is 6.90. The molecule has 4 nitrogen and oxygen atoms in total. The topological polar surface area (TPSA) is 35.9 Å². The van der Waals surface area contributed by atoms with E-state index in [0.29, 0.717) is 12.2 Å². The summed E-state index contributed by atoms with van der Waals surface area (Å²) >= 11 is 0. The summed E-state index contributed by atoms with van der Waals surface area (Å²) in [5.74, 6) is 0.649. The van der Waals surface area contributed by atoms with Gasteiger partial charge in [0, 0.05) is 32.7 Å². The van der Waals surface area contributed by atoms with E-state index in [9.17, 15) is 9.50 Å². The van der Waals surface area contributed by atoms with Crippen LogP contribution in [-0.4, -0.2) is 55.4 Å². The Morgan fingerprint density at radius 2 is 1.68 bits per heavy atom. The average Bonchev–Trinajstić information content (AvgIpc) is 2.64. The molecule has 7 heteroatoms. The fourth-order valence-corrected chi connectivity index (χ4v) is 3.30. The van der Waals surface area contributed by atoms with Crippen molar-refractivity contribution in [2.75, 3.05) is 44.2 Å². The zero-order valence-corrected chi connectivity index (χ0v) is 17.9. The summed E-state index contributed by atoms with van der Waals surface area (Å²) in [6.07, 6.45) is -0.546. The van der Waals surface area contributed by atoms with Gasteiger partial charge in [0.2, 0.25) is 0 Å². The van der Waals surface area contributed by atoms with Gasteiger partial charge in [0.15, 0.2) is 0 Å². The molecule has 2 aromatic rings. The van der Waals surface area contributed by atoms with Crippen molar-refractivity contribution < 1.29 is 14.2 Å². The van der Waals surface area contributed by atoms with Crippen LogP contribution >= 0.6 is 24.8 Å². The number of aliphatic hydroxyl groups is 1. The van der Waals surface area contributed by atoms with Crippen molar-refractivity contribution in [2.45, 2.75) is 20.0 Å². The fourth-order valence-electron chi connectivity index (χ4n) is 3.30. The number of anilines is 1. The van der Waals surface area contributed by atoms with Gasteiger partial charge in [0.05, 0.1) is 5.69 Å². The van der Waals surface area contributed by atoms with Crippen molar-refractivity contribution in [3.8, 4) is 5.75 Å². The quantitative estimate of drug-likeness (QED) is 0.754. The van der Waals surface area contributed by atoms with Gasteiger partial charge in [-0.1, -0.05) is 24.3 Å². The van der Waals surface area contributed by atoms with Gasteiger partial charge in [-0.05, 0) is 43.2 Å². The molecule has 3 rings (SSSR count). The molecular formula is C21H29Cl2FN2O2. The van der Waals surface area contributed by atoms with E-state index >= 15 is 0 Å². The molecule has 0 spiro atoms. The number of para-hydroxylation sites is 1. The summed E-state index contributed by atoms with van der Waals surface area (Å²) in [5, 5.41) is 10.3. The number of nitrogens with zero attached hydrogens (tertiary/aromatic N) is 2. The molecule has 0 aliphatic carbocycles. The van der Waals surface area contributed by atoms with E-state index in [1.54, 1.807) is 6.07 Å². The van der Waals surface area contributed by atoms with E-state index in [-0.39, 0.29) is 37.2 Å². The molecule has 1 fully saturated rings. The van der Waals surface area contributed by atoms with Crippen LogP contribution in [0.15, 0.2) is 42.5 Å². The zero-order valence-electron chi connectivity index (χ0n) is 16.3. The summed E-state index contributed by atoms with van der Waals surface area (Å²) in [7, 11) is 0. The molecule has 1 heterocycles. The SMILES string of the molecule is Cc1cccc(OCC(O)CN2CCN(c3ccccc3F)CC2)c1C.Cl.Cl. The van der Waals surface area contributed by atoms with Gasteiger partial charge in [-0.2, -0.15) is 0 Å². The van der Waals surface area contributed by atoms with Crippen molar-refractivity contribution >= 4 is 30.5 Å². The van der Waals surface area contributed by atoms with Gasteiger partial charge < -0.3 is 14.7 Å². The molecule has 156 valence electrons. The number of hydrogen-bond donors (Lipinski definition) is 1. The van der Waals surface area contributed by atoms with E-state index in [4.69, 9.17) is 4.74 Å². The van der Waals surface area contributed by atoms with Crippen LogP contribution < -0.4 is 9.64 Å². The predicted molar refractivity (Wildman–Crippen MR) is 117 cm³/mol. The second kappa shape index (κ2) is 11.5. The summed E-state index contributed by atoms with van der Waals surface area (Å²) in [6, 6.07) is 12.8. The smallest absolute Gasteiger partial charge is 0.146 e. The van der Waals surface area contributed by atoms with E-state index in [0.717, 1.165) is 37.5 Å². The third-order valence-corrected chi connectivity index (χ3v) is 5.02. The van der Waals surface area contributed by atoms with Crippen LogP contribution in [0.4, 0.5) is 10.1 Å². The summed E-state index contributed by atoms with van der Waals surface area (Å²) in [5.41, 5.74) is 2.95. The number of piperazine rings is 1. The predicted octanol–water partition coefficient (Wildman–Crippen LogP) is 3.85. The first kappa shape index (κ1) is 24.5. The minimum atomic E-state index is -0.546. The standard InChI is InChI=1S/C21H27FN2O2.2ClH/c1-16-6-5-9-21(17(16)2)26-15-18(25)14-23-10-12-24(13-11-23)20-8-4-3-7-19(20)22;;/h3-9,18,25H,10-15H2,1-2H3;2*1H. The number of aryl methyl sites for hydroxylation is 1. The van der Waals surface area contributed by atoms with Crippen LogP contribution in [0.5, 0.6) is 5.75 Å². The van der Waals surface area contributed by atoms with Crippen LogP contribution in [0, 0.1) is 19.7 Å². The normalized spacial score (nSPS) is 15.4. The minimum absolute atomic E-state index is 0. The molecular weight excluding hydrogens is 402 g/mol. The number of hydrogen-bond acceptors (Lipinski definition) is 4. The Morgan fingerprint density at radius 1 is 1.00 bits per heavy atom. The monoisotopic (exact) mass is 430 g/mol. The molecule has 1 aliphatic rings. The van der Waals surface area contributed by atoms with Crippen molar-refractivity contribution in [2.24, 2.45) is 0 Å². The van der Waals surface area contributed by atoms with Gasteiger partial charge in [0.25, 0.3) is 0 Å². The van der Waals surface area contributed by atoms with Crippen LogP contribution in [0.3, 0.4) is 0 Å². The highest BCUT2D eigenvalue weighted by molar-refractivity contribution is 5.85. The maximum atomic E-state index is 13.9. The third-order valence-electron chi connectivity index (χ3n) is 5.02. The Balaban J connectivity index is 0.00000196. The second-order valence-corrected chi connectivity index (χ2v) is 6.90. The zero-order chi connectivity index (χ0) is 18.5. The van der Waals surface area contributed by atoms with E-state index in [1.807, 2.05) is 44.2 Å². The Hall–Kier alpha value is -1.53. The number of ether oxygens (including phenoxy) is 1. The highest BCUT2D eigenvalue weighted by Crippen LogP contribution is 2.22.